The maximum Gasteiger partial charge on any atom is 0.223 e. The van der Waals surface area contributed by atoms with Gasteiger partial charge in [-0.3, -0.25) is 4.79 Å². The summed E-state index contributed by atoms with van der Waals surface area (Å²) in [5.74, 6) is 1.40. The van der Waals surface area contributed by atoms with E-state index in [0.29, 0.717) is 17.5 Å². The van der Waals surface area contributed by atoms with Crippen LogP contribution >= 0.6 is 11.6 Å². The van der Waals surface area contributed by atoms with Crippen LogP contribution in [-0.2, 0) is 4.79 Å². The molecule has 5 nitrogen and oxygen atoms in total. The van der Waals surface area contributed by atoms with Crippen LogP contribution in [0, 0.1) is 5.92 Å². The van der Waals surface area contributed by atoms with Crippen molar-refractivity contribution in [3.05, 3.63) is 59.1 Å². The molecule has 0 aliphatic carbocycles. The first kappa shape index (κ1) is 18.8. The number of hydrogen-bond donors (Lipinski definition) is 2. The van der Waals surface area contributed by atoms with Crippen LogP contribution in [0.25, 0.3) is 11.0 Å². The van der Waals surface area contributed by atoms with E-state index in [-0.39, 0.29) is 11.8 Å². The summed E-state index contributed by atoms with van der Waals surface area (Å²) in [5.41, 5.74) is 3.11. The van der Waals surface area contributed by atoms with Gasteiger partial charge < -0.3 is 15.2 Å². The minimum absolute atomic E-state index is 0.0676. The maximum absolute atomic E-state index is 12.6. The molecule has 2 heterocycles. The first-order valence-corrected chi connectivity index (χ1v) is 10.2. The van der Waals surface area contributed by atoms with Crippen LogP contribution < -0.4 is 10.2 Å². The number of imidazole rings is 1. The van der Waals surface area contributed by atoms with Gasteiger partial charge in [-0.1, -0.05) is 48.9 Å². The SMILES string of the molecule is CC(CNC(=O)C1CCN(c2nc3ccc(Cl)cc3[nH]2)CC1)c1ccccc1. The highest BCUT2D eigenvalue weighted by Crippen LogP contribution is 2.25. The number of benzene rings is 2. The van der Waals surface area contributed by atoms with Crippen molar-refractivity contribution in [2.75, 3.05) is 24.5 Å². The number of aromatic nitrogens is 2. The number of H-pyrrole nitrogens is 1. The molecule has 3 aromatic rings. The highest BCUT2D eigenvalue weighted by Gasteiger charge is 2.26. The van der Waals surface area contributed by atoms with Gasteiger partial charge in [0.2, 0.25) is 11.9 Å². The molecule has 2 N–H and O–H groups in total. The lowest BCUT2D eigenvalue weighted by Crippen LogP contribution is -2.41. The minimum atomic E-state index is 0.0676. The Balaban J connectivity index is 1.30. The van der Waals surface area contributed by atoms with Gasteiger partial charge in [-0.15, -0.1) is 0 Å². The number of hydrogen-bond acceptors (Lipinski definition) is 3. The average molecular weight is 397 g/mol. The van der Waals surface area contributed by atoms with Crippen LogP contribution in [0.4, 0.5) is 5.95 Å². The summed E-state index contributed by atoms with van der Waals surface area (Å²) in [4.78, 5) is 22.8. The summed E-state index contributed by atoms with van der Waals surface area (Å²) in [5, 5.41) is 3.83. The van der Waals surface area contributed by atoms with Crippen molar-refractivity contribution in [1.82, 2.24) is 15.3 Å². The first-order chi connectivity index (χ1) is 13.6. The van der Waals surface area contributed by atoms with Crippen molar-refractivity contribution >= 4 is 34.5 Å². The molecule has 0 spiro atoms. The highest BCUT2D eigenvalue weighted by molar-refractivity contribution is 6.31. The van der Waals surface area contributed by atoms with E-state index in [1.807, 2.05) is 36.4 Å². The van der Waals surface area contributed by atoms with E-state index in [0.717, 1.165) is 42.9 Å². The number of carbonyl (C=O) groups excluding carboxylic acids is 1. The Kier molecular flexibility index (Phi) is 5.53. The highest BCUT2D eigenvalue weighted by atomic mass is 35.5. The number of piperidine rings is 1. The fourth-order valence-electron chi connectivity index (χ4n) is 3.77. The van der Waals surface area contributed by atoms with Crippen LogP contribution in [-0.4, -0.2) is 35.5 Å². The van der Waals surface area contributed by atoms with E-state index in [1.54, 1.807) is 0 Å². The summed E-state index contributed by atoms with van der Waals surface area (Å²) in [6.07, 6.45) is 1.67. The number of carbonyl (C=O) groups is 1. The van der Waals surface area contributed by atoms with E-state index in [9.17, 15) is 4.79 Å². The number of anilines is 1. The van der Waals surface area contributed by atoms with E-state index < -0.39 is 0 Å². The Labute approximate surface area is 170 Å². The molecule has 1 amide bonds. The van der Waals surface area contributed by atoms with Gasteiger partial charge in [0.25, 0.3) is 0 Å². The summed E-state index contributed by atoms with van der Waals surface area (Å²) < 4.78 is 0. The fraction of sp³-hybridized carbons (Fsp3) is 0.364. The maximum atomic E-state index is 12.6. The minimum Gasteiger partial charge on any atom is -0.355 e. The largest absolute Gasteiger partial charge is 0.355 e. The molecule has 1 aromatic heterocycles. The molecule has 6 heteroatoms. The second-order valence-corrected chi connectivity index (χ2v) is 7.98. The van der Waals surface area contributed by atoms with Crippen molar-refractivity contribution in [2.45, 2.75) is 25.7 Å². The van der Waals surface area contributed by atoms with Gasteiger partial charge in [-0.2, -0.15) is 0 Å². The van der Waals surface area contributed by atoms with Crippen LogP contribution in [0.2, 0.25) is 5.02 Å². The number of aromatic amines is 1. The number of halogens is 1. The van der Waals surface area contributed by atoms with Crippen molar-refractivity contribution in [1.29, 1.82) is 0 Å². The number of nitrogens with one attached hydrogen (secondary N) is 2. The molecule has 4 rings (SSSR count). The topological polar surface area (TPSA) is 61.0 Å². The van der Waals surface area contributed by atoms with E-state index >= 15 is 0 Å². The van der Waals surface area contributed by atoms with Gasteiger partial charge in [0.1, 0.15) is 0 Å². The van der Waals surface area contributed by atoms with E-state index in [1.165, 1.54) is 5.56 Å². The molecule has 1 atom stereocenters. The molecule has 146 valence electrons. The molecule has 0 saturated carbocycles. The Morgan fingerprint density at radius 3 is 2.75 bits per heavy atom. The van der Waals surface area contributed by atoms with E-state index in [4.69, 9.17) is 11.6 Å². The third-order valence-corrected chi connectivity index (χ3v) is 5.78. The first-order valence-electron chi connectivity index (χ1n) is 9.83. The monoisotopic (exact) mass is 396 g/mol. The lowest BCUT2D eigenvalue weighted by Gasteiger charge is -2.31. The second-order valence-electron chi connectivity index (χ2n) is 7.54. The van der Waals surface area contributed by atoms with Crippen molar-refractivity contribution in [3.63, 3.8) is 0 Å². The molecule has 1 fully saturated rings. The standard InChI is InChI=1S/C22H25ClN4O/c1-15(16-5-3-2-4-6-16)14-24-21(28)17-9-11-27(12-10-17)22-25-19-8-7-18(23)13-20(19)26-22/h2-8,13,15,17H,9-12,14H2,1H3,(H,24,28)(H,25,26). The smallest absolute Gasteiger partial charge is 0.223 e. The quantitative estimate of drug-likeness (QED) is 0.673. The zero-order valence-corrected chi connectivity index (χ0v) is 16.7. The summed E-state index contributed by atoms with van der Waals surface area (Å²) >= 11 is 6.05. The molecule has 1 aliphatic heterocycles. The van der Waals surface area contributed by atoms with Gasteiger partial charge in [-0.25, -0.2) is 4.98 Å². The number of rotatable bonds is 5. The van der Waals surface area contributed by atoms with Crippen LogP contribution in [0.3, 0.4) is 0 Å². The molecular formula is C22H25ClN4O. The van der Waals surface area contributed by atoms with Gasteiger partial charge >= 0.3 is 0 Å². The molecule has 0 bridgehead atoms. The third-order valence-electron chi connectivity index (χ3n) is 5.55. The Morgan fingerprint density at radius 1 is 1.25 bits per heavy atom. The zero-order valence-electron chi connectivity index (χ0n) is 16.0. The normalized spacial score (nSPS) is 16.3. The summed E-state index contributed by atoms with van der Waals surface area (Å²) in [6, 6.07) is 16.0. The van der Waals surface area contributed by atoms with Crippen molar-refractivity contribution in [3.8, 4) is 0 Å². The predicted octanol–water partition coefficient (Wildman–Crippen LogP) is 4.35. The second kappa shape index (κ2) is 8.23. The Hall–Kier alpha value is -2.53. The van der Waals surface area contributed by atoms with Gasteiger partial charge in [0.05, 0.1) is 11.0 Å². The Bertz CT molecular complexity index is 948. The lowest BCUT2D eigenvalue weighted by atomic mass is 9.95. The van der Waals surface area contributed by atoms with Gasteiger partial charge in [-0.05, 0) is 42.5 Å². The van der Waals surface area contributed by atoms with Gasteiger partial charge in [0.15, 0.2) is 0 Å². The summed E-state index contributed by atoms with van der Waals surface area (Å²) in [7, 11) is 0. The summed E-state index contributed by atoms with van der Waals surface area (Å²) in [6.45, 7) is 4.46. The van der Waals surface area contributed by atoms with Gasteiger partial charge in [0, 0.05) is 30.6 Å². The molecule has 0 radical (unpaired) electrons. The molecule has 2 aromatic carbocycles. The molecular weight excluding hydrogens is 372 g/mol. The van der Waals surface area contributed by atoms with E-state index in [2.05, 4.69) is 39.2 Å². The lowest BCUT2D eigenvalue weighted by molar-refractivity contribution is -0.125. The van der Waals surface area contributed by atoms with Crippen LogP contribution in [0.5, 0.6) is 0 Å². The molecule has 1 aliphatic rings. The molecule has 28 heavy (non-hydrogen) atoms. The number of nitrogens with zero attached hydrogens (tertiary/aromatic N) is 2. The molecule has 1 unspecified atom stereocenters. The number of amides is 1. The van der Waals surface area contributed by atoms with Crippen molar-refractivity contribution in [2.24, 2.45) is 5.92 Å². The Morgan fingerprint density at radius 2 is 2.00 bits per heavy atom. The van der Waals surface area contributed by atoms with Crippen LogP contribution in [0.15, 0.2) is 48.5 Å². The fourth-order valence-corrected chi connectivity index (χ4v) is 3.94. The zero-order chi connectivity index (χ0) is 19.5. The third kappa shape index (κ3) is 4.14. The predicted molar refractivity (Wildman–Crippen MR) is 114 cm³/mol. The number of fused-ring (bicyclic) bond motifs is 1. The van der Waals surface area contributed by atoms with Crippen molar-refractivity contribution < 1.29 is 4.79 Å². The van der Waals surface area contributed by atoms with Crippen LogP contribution in [0.1, 0.15) is 31.2 Å². The molecule has 1 saturated heterocycles. The average Bonchev–Trinajstić information content (AvgIpc) is 3.15.